The van der Waals surface area contributed by atoms with Gasteiger partial charge in [-0.25, -0.2) is 4.98 Å². The van der Waals surface area contributed by atoms with Crippen LogP contribution in [0, 0.1) is 0 Å². The van der Waals surface area contributed by atoms with E-state index in [0.29, 0.717) is 6.61 Å². The molecule has 3 N–H and O–H groups in total. The molecule has 0 aliphatic heterocycles. The number of hydrogen-bond donors (Lipinski definition) is 2. The fourth-order valence-electron chi connectivity index (χ4n) is 2.02. The Morgan fingerprint density at radius 1 is 1.39 bits per heavy atom. The van der Waals surface area contributed by atoms with Crippen LogP contribution in [0.1, 0.15) is 18.2 Å². The summed E-state index contributed by atoms with van der Waals surface area (Å²) in [5, 5.41) is 1.02. The van der Waals surface area contributed by atoms with Crippen molar-refractivity contribution in [2.75, 3.05) is 12.5 Å². The smallest absolute Gasteiger partial charge is 0.0885 e. The number of nitrogen functional groups attached to an aromatic ring is 1. The van der Waals surface area contributed by atoms with Crippen molar-refractivity contribution < 1.29 is 4.74 Å². The molecule has 0 aliphatic rings. The van der Waals surface area contributed by atoms with Crippen molar-refractivity contribution in [1.29, 1.82) is 0 Å². The molecule has 0 unspecified atom stereocenters. The maximum Gasteiger partial charge on any atom is 0.0885 e. The molecule has 18 heavy (non-hydrogen) atoms. The third-order valence-electron chi connectivity index (χ3n) is 2.84. The van der Waals surface area contributed by atoms with Crippen LogP contribution in [-0.2, 0) is 17.8 Å². The topological polar surface area (TPSA) is 60.2 Å². The zero-order valence-corrected chi connectivity index (χ0v) is 12.0. The van der Waals surface area contributed by atoms with E-state index in [2.05, 4.69) is 39.3 Å². The first kappa shape index (κ1) is 13.3. The normalized spacial score (nSPS) is 10.9. The molecule has 0 radical (unpaired) electrons. The third kappa shape index (κ3) is 2.48. The second-order valence-corrected chi connectivity index (χ2v) is 4.97. The summed E-state index contributed by atoms with van der Waals surface area (Å²) in [7, 11) is 1.66. The van der Waals surface area contributed by atoms with Gasteiger partial charge in [-0.1, -0.05) is 22.9 Å². The quantitative estimate of drug-likeness (QED) is 0.673. The largest absolute Gasteiger partial charge is 0.378 e. The number of rotatable bonds is 4. The Hall–Kier alpha value is -1.17. The lowest BCUT2D eigenvalue weighted by molar-refractivity contribution is 0.182. The van der Waals surface area contributed by atoms with E-state index < -0.39 is 0 Å². The Morgan fingerprint density at radius 3 is 2.78 bits per heavy atom. The molecule has 0 bridgehead atoms. The van der Waals surface area contributed by atoms with Crippen molar-refractivity contribution in [3.05, 3.63) is 33.9 Å². The summed E-state index contributed by atoms with van der Waals surface area (Å²) < 4.78 is 6.17. The summed E-state index contributed by atoms with van der Waals surface area (Å²) >= 11 is 3.52. The van der Waals surface area contributed by atoms with E-state index >= 15 is 0 Å². The van der Waals surface area contributed by atoms with Gasteiger partial charge in [-0.15, -0.1) is 0 Å². The first-order valence-corrected chi connectivity index (χ1v) is 6.56. The van der Waals surface area contributed by atoms with Crippen molar-refractivity contribution in [3.8, 4) is 0 Å². The van der Waals surface area contributed by atoms with Crippen LogP contribution >= 0.6 is 15.9 Å². The summed E-state index contributed by atoms with van der Waals surface area (Å²) in [6.45, 7) is 2.59. The lowest BCUT2D eigenvalue weighted by atomic mass is 10.1. The van der Waals surface area contributed by atoms with Gasteiger partial charge in [0.1, 0.15) is 0 Å². The average Bonchev–Trinajstić information content (AvgIpc) is 2.37. The molecule has 0 atom stereocenters. The van der Waals surface area contributed by atoms with Gasteiger partial charge in [0, 0.05) is 17.0 Å². The molecule has 0 saturated carbocycles. The molecule has 0 saturated heterocycles. The highest BCUT2D eigenvalue weighted by atomic mass is 79.9. The van der Waals surface area contributed by atoms with Crippen LogP contribution in [0.25, 0.3) is 10.9 Å². The summed E-state index contributed by atoms with van der Waals surface area (Å²) in [5.74, 6) is 5.59. The monoisotopic (exact) mass is 309 g/mol. The number of fused-ring (bicyclic) bond motifs is 1. The number of nitrogens with two attached hydrogens (primary N) is 1. The standard InChI is InChI=1S/C13H16BrN3O/c1-3-8-4-9(14)5-11-12(17-15)6-10(7-18-2)16-13(8)11/h4-6H,3,7,15H2,1-2H3,(H,16,17). The van der Waals surface area contributed by atoms with Crippen molar-refractivity contribution in [2.24, 2.45) is 5.84 Å². The Bertz CT molecular complexity index is 572. The first-order chi connectivity index (χ1) is 8.69. The predicted octanol–water partition coefficient (Wildman–Crippen LogP) is 2.99. The number of aromatic nitrogens is 1. The van der Waals surface area contributed by atoms with Crippen LogP contribution in [0.5, 0.6) is 0 Å². The molecule has 1 aromatic heterocycles. The van der Waals surface area contributed by atoms with Gasteiger partial charge in [0.05, 0.1) is 23.5 Å². The van der Waals surface area contributed by atoms with Crippen molar-refractivity contribution >= 4 is 32.5 Å². The second-order valence-electron chi connectivity index (χ2n) is 4.05. The second kappa shape index (κ2) is 5.65. The van der Waals surface area contributed by atoms with Gasteiger partial charge in [-0.2, -0.15) is 0 Å². The zero-order valence-electron chi connectivity index (χ0n) is 10.5. The number of pyridine rings is 1. The zero-order chi connectivity index (χ0) is 13.1. The Balaban J connectivity index is 2.74. The molecule has 0 aliphatic carbocycles. The predicted molar refractivity (Wildman–Crippen MR) is 77.3 cm³/mol. The first-order valence-electron chi connectivity index (χ1n) is 5.77. The van der Waals surface area contributed by atoms with Crippen molar-refractivity contribution in [2.45, 2.75) is 20.0 Å². The van der Waals surface area contributed by atoms with E-state index in [4.69, 9.17) is 10.6 Å². The number of benzene rings is 1. The van der Waals surface area contributed by atoms with E-state index in [-0.39, 0.29) is 0 Å². The van der Waals surface area contributed by atoms with E-state index in [0.717, 1.165) is 33.2 Å². The number of methoxy groups -OCH3 is 1. The van der Waals surface area contributed by atoms with Crippen LogP contribution in [0.2, 0.25) is 0 Å². The maximum atomic E-state index is 5.59. The molecule has 2 aromatic rings. The highest BCUT2D eigenvalue weighted by Gasteiger charge is 2.09. The molecule has 5 heteroatoms. The van der Waals surface area contributed by atoms with Crippen LogP contribution in [0.4, 0.5) is 5.69 Å². The van der Waals surface area contributed by atoms with Gasteiger partial charge in [0.2, 0.25) is 0 Å². The minimum atomic E-state index is 0.476. The minimum Gasteiger partial charge on any atom is -0.378 e. The van der Waals surface area contributed by atoms with Crippen LogP contribution < -0.4 is 11.3 Å². The molecule has 96 valence electrons. The average molecular weight is 310 g/mol. The molecule has 0 amide bonds. The molecule has 0 fully saturated rings. The van der Waals surface area contributed by atoms with E-state index in [1.54, 1.807) is 7.11 Å². The number of nitrogens with zero attached hydrogens (tertiary/aromatic N) is 1. The Kier molecular flexibility index (Phi) is 4.16. The van der Waals surface area contributed by atoms with Crippen LogP contribution in [0.3, 0.4) is 0 Å². The van der Waals surface area contributed by atoms with Crippen LogP contribution in [0.15, 0.2) is 22.7 Å². The van der Waals surface area contributed by atoms with E-state index in [9.17, 15) is 0 Å². The molecule has 1 heterocycles. The van der Waals surface area contributed by atoms with Gasteiger partial charge in [0.25, 0.3) is 0 Å². The highest BCUT2D eigenvalue weighted by Crippen LogP contribution is 2.29. The van der Waals surface area contributed by atoms with Gasteiger partial charge in [-0.3, -0.25) is 5.84 Å². The summed E-state index contributed by atoms with van der Waals surface area (Å²) in [5.41, 5.74) is 6.63. The number of aryl methyl sites for hydroxylation is 1. The SMILES string of the molecule is CCc1cc(Br)cc2c(NN)cc(COC)nc12. The molecule has 1 aromatic carbocycles. The van der Waals surface area contributed by atoms with E-state index in [1.165, 1.54) is 5.56 Å². The number of nitrogens with one attached hydrogen (secondary N) is 1. The fraction of sp³-hybridized carbons (Fsp3) is 0.308. The number of halogens is 1. The lowest BCUT2D eigenvalue weighted by Gasteiger charge is -2.12. The van der Waals surface area contributed by atoms with Gasteiger partial charge < -0.3 is 10.2 Å². The molecular formula is C13H16BrN3O. The highest BCUT2D eigenvalue weighted by molar-refractivity contribution is 9.10. The number of ether oxygens (including phenoxy) is 1. The number of anilines is 1. The summed E-state index contributed by atoms with van der Waals surface area (Å²) in [6.07, 6.45) is 0.920. The number of hydrazine groups is 1. The lowest BCUT2D eigenvalue weighted by Crippen LogP contribution is -2.09. The molecule has 4 nitrogen and oxygen atoms in total. The Morgan fingerprint density at radius 2 is 2.17 bits per heavy atom. The van der Waals surface area contributed by atoms with Crippen molar-refractivity contribution in [1.82, 2.24) is 4.98 Å². The van der Waals surface area contributed by atoms with Crippen LogP contribution in [-0.4, -0.2) is 12.1 Å². The summed E-state index contributed by atoms with van der Waals surface area (Å²) in [4.78, 5) is 4.64. The van der Waals surface area contributed by atoms with Gasteiger partial charge >= 0.3 is 0 Å². The van der Waals surface area contributed by atoms with Gasteiger partial charge in [-0.05, 0) is 30.2 Å². The molecular weight excluding hydrogens is 294 g/mol. The Labute approximate surface area is 115 Å². The molecule has 2 rings (SSSR count). The fourth-order valence-corrected chi connectivity index (χ4v) is 2.53. The van der Waals surface area contributed by atoms with Gasteiger partial charge in [0.15, 0.2) is 0 Å². The minimum absolute atomic E-state index is 0.476. The number of hydrogen-bond acceptors (Lipinski definition) is 4. The summed E-state index contributed by atoms with van der Waals surface area (Å²) in [6, 6.07) is 6.02. The molecule has 0 spiro atoms. The van der Waals surface area contributed by atoms with E-state index in [1.807, 2.05) is 12.1 Å². The maximum absolute atomic E-state index is 5.59. The van der Waals surface area contributed by atoms with Crippen molar-refractivity contribution in [3.63, 3.8) is 0 Å². The third-order valence-corrected chi connectivity index (χ3v) is 3.30.